The van der Waals surface area contributed by atoms with Crippen LogP contribution in [0.1, 0.15) is 90.8 Å². The van der Waals surface area contributed by atoms with Crippen molar-refractivity contribution in [3.63, 3.8) is 0 Å². The topological polar surface area (TPSA) is 11.4 Å². The van der Waals surface area contributed by atoms with E-state index in [2.05, 4.69) is 336 Å². The summed E-state index contributed by atoms with van der Waals surface area (Å²) in [6.45, 7) is 16.3. The highest BCUT2D eigenvalue weighted by Crippen LogP contribution is 2.55. The molecule has 0 radical (unpaired) electrons. The Hall–Kier alpha value is -9.90. The first kappa shape index (κ1) is 56.6. The molecule has 3 nitrogen and oxygen atoms in total. The normalized spacial score (nSPS) is 12.8. The van der Waals surface area contributed by atoms with E-state index >= 15 is 0 Å². The van der Waals surface area contributed by atoms with Gasteiger partial charge < -0.3 is 14.4 Å². The highest BCUT2D eigenvalue weighted by Gasteiger charge is 2.46. The van der Waals surface area contributed by atoms with Crippen LogP contribution in [0.25, 0.3) is 83.1 Å². The van der Waals surface area contributed by atoms with Gasteiger partial charge in [-0.05, 0) is 157 Å². The van der Waals surface area contributed by atoms with Gasteiger partial charge in [0.1, 0.15) is 0 Å². The van der Waals surface area contributed by atoms with Gasteiger partial charge in [-0.1, -0.05) is 274 Å². The average Bonchev–Trinajstić information content (AvgIpc) is 0.764. The molecule has 90 heavy (non-hydrogen) atoms. The predicted octanol–water partition coefficient (Wildman–Crippen LogP) is 21.9. The van der Waals surface area contributed by atoms with Crippen LogP contribution >= 0.6 is 0 Å². The highest BCUT2D eigenvalue weighted by atomic mass is 15.2. The van der Waals surface area contributed by atoms with Crippen LogP contribution in [0.4, 0.5) is 34.1 Å². The van der Waals surface area contributed by atoms with Gasteiger partial charge in [-0.15, -0.1) is 0 Å². The summed E-state index contributed by atoms with van der Waals surface area (Å²) in [6.07, 6.45) is 5.59. The lowest BCUT2D eigenvalue weighted by Gasteiger charge is -2.46. The molecule has 2 aliphatic rings. The average molecular weight is 1160 g/mol. The third kappa shape index (κ3) is 9.94. The molecule has 0 amide bonds. The van der Waals surface area contributed by atoms with Gasteiger partial charge >= 0.3 is 0 Å². The number of aryl methyl sites for hydroxylation is 1. The molecule has 0 unspecified atom stereocenters. The maximum atomic E-state index is 2.75. The summed E-state index contributed by atoms with van der Waals surface area (Å²) in [5, 5.41) is 2.49. The van der Waals surface area contributed by atoms with Crippen LogP contribution < -0.4 is 26.2 Å². The number of unbranched alkanes of at least 4 members (excludes halogenated alkanes) is 3. The van der Waals surface area contributed by atoms with Gasteiger partial charge in [-0.25, -0.2) is 0 Å². The molecule has 13 aromatic rings. The summed E-state index contributed by atoms with van der Waals surface area (Å²) >= 11 is 0. The van der Waals surface area contributed by atoms with E-state index < -0.39 is 0 Å². The van der Waals surface area contributed by atoms with Crippen molar-refractivity contribution in [3.8, 4) is 61.3 Å². The zero-order valence-electron chi connectivity index (χ0n) is 52.9. The summed E-state index contributed by atoms with van der Waals surface area (Å²) < 4.78 is 2.51. The molecule has 12 aromatic carbocycles. The van der Waals surface area contributed by atoms with E-state index in [1.807, 2.05) is 0 Å². The summed E-state index contributed by atoms with van der Waals surface area (Å²) in [4.78, 5) is 5.47. The molecule has 15 rings (SSSR count). The van der Waals surface area contributed by atoms with Gasteiger partial charge in [0, 0.05) is 61.5 Å². The van der Waals surface area contributed by atoms with E-state index in [1.165, 1.54) is 164 Å². The van der Waals surface area contributed by atoms with Crippen LogP contribution in [0.5, 0.6) is 0 Å². The number of fused-ring (bicyclic) bond motifs is 7. The van der Waals surface area contributed by atoms with Crippen molar-refractivity contribution < 1.29 is 0 Å². The Kier molecular flexibility index (Phi) is 14.4. The van der Waals surface area contributed by atoms with E-state index in [4.69, 9.17) is 0 Å². The monoisotopic (exact) mass is 1160 g/mol. The van der Waals surface area contributed by atoms with Crippen LogP contribution in [-0.4, -0.2) is 11.3 Å². The van der Waals surface area contributed by atoms with Crippen LogP contribution in [0.2, 0.25) is 0 Å². The van der Waals surface area contributed by atoms with E-state index in [1.54, 1.807) is 0 Å². The standard InChI is InChI=1S/C86H76BN3/c1-8-9-10-16-31-58-50-80-82-81(51-58)90(84-72(62-38-23-14-24-39-62)55-66(86(5,6)7)56-73(84)63-40-25-15-26-41-63)79-57-67(88-76-44-29-27-42-68(76)69-43-28-30-45-77(69)88)47-48-74(79)87(82)75-52-64(59-32-17-11-18-33-59)46-49-78(75)89(80)83-70(60-34-19-12-20-35-60)53-65(85(2,3)4)54-71(83)61-36-21-13-22-37-61/h11-15,17-30,32-57H,8-10,16,31H2,1-7H3. The van der Waals surface area contributed by atoms with Crippen molar-refractivity contribution >= 4 is 79.0 Å². The minimum atomic E-state index is -0.166. The fourth-order valence-corrected chi connectivity index (χ4v) is 14.5. The van der Waals surface area contributed by atoms with Crippen molar-refractivity contribution in [2.75, 3.05) is 9.80 Å². The fourth-order valence-electron chi connectivity index (χ4n) is 14.5. The molecule has 2 aliphatic heterocycles. The smallest absolute Gasteiger partial charge is 0.252 e. The van der Waals surface area contributed by atoms with E-state index in [0.717, 1.165) is 18.5 Å². The maximum absolute atomic E-state index is 2.75. The Bertz CT molecular complexity index is 4650. The van der Waals surface area contributed by atoms with Gasteiger partial charge in [0.2, 0.25) is 0 Å². The maximum Gasteiger partial charge on any atom is 0.252 e. The van der Waals surface area contributed by atoms with Gasteiger partial charge in [0.15, 0.2) is 0 Å². The number of anilines is 6. The Morgan fingerprint density at radius 2 is 0.756 bits per heavy atom. The summed E-state index contributed by atoms with van der Waals surface area (Å²) in [5.41, 5.74) is 30.1. The summed E-state index contributed by atoms with van der Waals surface area (Å²) in [5.74, 6) is 0. The second-order valence-electron chi connectivity index (χ2n) is 27.0. The Morgan fingerprint density at radius 1 is 0.333 bits per heavy atom. The first-order valence-corrected chi connectivity index (χ1v) is 32.6. The van der Waals surface area contributed by atoms with Crippen LogP contribution in [0.15, 0.2) is 273 Å². The van der Waals surface area contributed by atoms with Crippen LogP contribution in [0.3, 0.4) is 0 Å². The van der Waals surface area contributed by atoms with Crippen molar-refractivity contribution in [2.24, 2.45) is 0 Å². The molecule has 0 saturated heterocycles. The quantitative estimate of drug-likeness (QED) is 0.0842. The second-order valence-corrected chi connectivity index (χ2v) is 27.0. The van der Waals surface area contributed by atoms with Crippen molar-refractivity contribution in [1.29, 1.82) is 0 Å². The molecular formula is C86H76BN3. The van der Waals surface area contributed by atoms with Crippen molar-refractivity contribution in [2.45, 2.75) is 91.4 Å². The molecule has 0 bridgehead atoms. The van der Waals surface area contributed by atoms with Gasteiger partial charge in [-0.2, -0.15) is 0 Å². The molecule has 4 heteroatoms. The second kappa shape index (κ2) is 22.9. The third-order valence-electron chi connectivity index (χ3n) is 19.1. The molecule has 1 aromatic heterocycles. The zero-order valence-corrected chi connectivity index (χ0v) is 52.9. The molecule has 0 aliphatic carbocycles. The Morgan fingerprint density at radius 3 is 1.20 bits per heavy atom. The predicted molar refractivity (Wildman–Crippen MR) is 387 cm³/mol. The SMILES string of the molecule is CCCCCCc1cc2c3c(c1)N(c1c(-c4ccccc4)cc(C(C)(C)C)cc1-c1ccccc1)c1cc(-n4c5ccccc5c5ccccc54)ccc1B3c1cc(-c3ccccc3)ccc1N2c1c(-c2ccccc2)cc(C(C)(C)C)cc1-c1ccccc1. The molecular weight excluding hydrogens is 1090 g/mol. The molecule has 0 saturated carbocycles. The number of hydrogen-bond donors (Lipinski definition) is 0. The molecule has 438 valence electrons. The zero-order chi connectivity index (χ0) is 61.3. The minimum absolute atomic E-state index is 0.142. The van der Waals surface area contributed by atoms with Crippen LogP contribution in [-0.2, 0) is 17.3 Å². The largest absolute Gasteiger partial charge is 0.310 e. The number of aromatic nitrogens is 1. The molecule has 3 heterocycles. The summed E-state index contributed by atoms with van der Waals surface area (Å²) in [7, 11) is 0. The first-order valence-electron chi connectivity index (χ1n) is 32.6. The number of rotatable bonds is 13. The first-order chi connectivity index (χ1) is 43.9. The Balaban J connectivity index is 1.14. The van der Waals surface area contributed by atoms with E-state index in [-0.39, 0.29) is 17.5 Å². The van der Waals surface area contributed by atoms with Gasteiger partial charge in [0.25, 0.3) is 6.71 Å². The Labute approximate surface area is 532 Å². The minimum Gasteiger partial charge on any atom is -0.310 e. The van der Waals surface area contributed by atoms with E-state index in [0.29, 0.717) is 0 Å². The molecule has 0 spiro atoms. The van der Waals surface area contributed by atoms with Gasteiger partial charge in [0.05, 0.1) is 22.4 Å². The number of para-hydroxylation sites is 2. The van der Waals surface area contributed by atoms with Crippen molar-refractivity contribution in [3.05, 3.63) is 290 Å². The van der Waals surface area contributed by atoms with E-state index in [9.17, 15) is 0 Å². The lowest BCUT2D eigenvalue weighted by molar-refractivity contribution is 0.590. The molecule has 0 atom stereocenters. The lowest BCUT2D eigenvalue weighted by atomic mass is 9.33. The molecule has 0 N–H and O–H groups in total. The molecule has 0 fully saturated rings. The highest BCUT2D eigenvalue weighted by molar-refractivity contribution is 7.00. The number of nitrogens with zero attached hydrogens (tertiary/aromatic N) is 3. The number of hydrogen-bond acceptors (Lipinski definition) is 2. The summed E-state index contributed by atoms with van der Waals surface area (Å²) in [6, 6.07) is 104. The van der Waals surface area contributed by atoms with Crippen LogP contribution in [0, 0.1) is 0 Å². The number of benzene rings is 12. The van der Waals surface area contributed by atoms with Gasteiger partial charge in [-0.3, -0.25) is 0 Å². The third-order valence-corrected chi connectivity index (χ3v) is 19.1. The fraction of sp³-hybridized carbons (Fsp3) is 0.163. The lowest BCUT2D eigenvalue weighted by Crippen LogP contribution is -2.61. The van der Waals surface area contributed by atoms with Crippen molar-refractivity contribution in [1.82, 2.24) is 4.57 Å².